The van der Waals surface area contributed by atoms with Gasteiger partial charge in [-0.3, -0.25) is 4.79 Å². The highest BCUT2D eigenvalue weighted by Crippen LogP contribution is 2.21. The van der Waals surface area contributed by atoms with E-state index in [1.165, 1.54) is 35.2 Å². The predicted octanol–water partition coefficient (Wildman–Crippen LogP) is 4.69. The quantitative estimate of drug-likeness (QED) is 0.538. The smallest absolute Gasteiger partial charge is 0.254 e. The SMILES string of the molecule is C=CCN(Cc1nccn1Cc1c(F)cccc1Cl)C(=O)c1ccc(F)cc1. The molecule has 0 aliphatic carbocycles. The highest BCUT2D eigenvalue weighted by atomic mass is 35.5. The first-order valence-electron chi connectivity index (χ1n) is 8.58. The van der Waals surface area contributed by atoms with Crippen molar-refractivity contribution in [1.29, 1.82) is 0 Å². The van der Waals surface area contributed by atoms with Crippen LogP contribution in [-0.4, -0.2) is 26.9 Å². The van der Waals surface area contributed by atoms with E-state index in [-0.39, 0.29) is 25.5 Å². The Balaban J connectivity index is 1.83. The number of amides is 1. The number of imidazole rings is 1. The molecule has 1 amide bonds. The van der Waals surface area contributed by atoms with Crippen molar-refractivity contribution in [2.24, 2.45) is 0 Å². The summed E-state index contributed by atoms with van der Waals surface area (Å²) < 4.78 is 29.0. The van der Waals surface area contributed by atoms with E-state index in [4.69, 9.17) is 11.6 Å². The van der Waals surface area contributed by atoms with Gasteiger partial charge < -0.3 is 9.47 Å². The average molecular weight is 402 g/mol. The molecule has 3 aromatic rings. The van der Waals surface area contributed by atoms with E-state index in [0.29, 0.717) is 22.0 Å². The second-order valence-corrected chi connectivity index (χ2v) is 6.56. The fraction of sp³-hybridized carbons (Fsp3) is 0.143. The molecule has 144 valence electrons. The van der Waals surface area contributed by atoms with E-state index in [1.807, 2.05) is 0 Å². The Kier molecular flexibility index (Phi) is 6.21. The molecule has 28 heavy (non-hydrogen) atoms. The third-order valence-corrected chi connectivity index (χ3v) is 4.61. The molecule has 0 N–H and O–H groups in total. The van der Waals surface area contributed by atoms with Gasteiger partial charge in [0.25, 0.3) is 5.91 Å². The van der Waals surface area contributed by atoms with E-state index in [2.05, 4.69) is 11.6 Å². The summed E-state index contributed by atoms with van der Waals surface area (Å²) in [4.78, 5) is 18.6. The maximum atomic E-state index is 14.1. The van der Waals surface area contributed by atoms with Crippen LogP contribution in [0.1, 0.15) is 21.7 Å². The van der Waals surface area contributed by atoms with Crippen molar-refractivity contribution in [1.82, 2.24) is 14.5 Å². The van der Waals surface area contributed by atoms with Crippen molar-refractivity contribution in [3.05, 3.63) is 101 Å². The lowest BCUT2D eigenvalue weighted by molar-refractivity contribution is 0.0757. The highest BCUT2D eigenvalue weighted by Gasteiger charge is 2.18. The standard InChI is InChI=1S/C21H18ClF2N3O/c1-2-11-27(21(28)15-6-8-16(23)9-7-15)14-20-25-10-12-26(20)13-17-18(22)4-3-5-19(17)24/h2-10,12H,1,11,13-14H2. The molecule has 0 bridgehead atoms. The molecule has 0 aliphatic rings. The molecule has 2 aromatic carbocycles. The third-order valence-electron chi connectivity index (χ3n) is 4.25. The van der Waals surface area contributed by atoms with E-state index in [0.717, 1.165) is 0 Å². The predicted molar refractivity (Wildman–Crippen MR) is 104 cm³/mol. The Hall–Kier alpha value is -2.99. The van der Waals surface area contributed by atoms with Gasteiger partial charge >= 0.3 is 0 Å². The lowest BCUT2D eigenvalue weighted by Crippen LogP contribution is -2.32. The first-order valence-corrected chi connectivity index (χ1v) is 8.96. The number of rotatable bonds is 7. The number of carbonyl (C=O) groups is 1. The van der Waals surface area contributed by atoms with Crippen LogP contribution in [0.5, 0.6) is 0 Å². The van der Waals surface area contributed by atoms with E-state index < -0.39 is 11.6 Å². The first kappa shape index (κ1) is 19.8. The highest BCUT2D eigenvalue weighted by molar-refractivity contribution is 6.31. The van der Waals surface area contributed by atoms with Crippen LogP contribution in [0.25, 0.3) is 0 Å². The Morgan fingerprint density at radius 2 is 1.96 bits per heavy atom. The van der Waals surface area contributed by atoms with Crippen LogP contribution in [-0.2, 0) is 13.1 Å². The fourth-order valence-electron chi connectivity index (χ4n) is 2.81. The molecule has 7 heteroatoms. The molecule has 0 unspecified atom stereocenters. The maximum Gasteiger partial charge on any atom is 0.254 e. The normalized spacial score (nSPS) is 10.7. The average Bonchev–Trinajstić information content (AvgIpc) is 3.11. The Morgan fingerprint density at radius 1 is 1.21 bits per heavy atom. The molecule has 1 heterocycles. The second kappa shape index (κ2) is 8.80. The fourth-order valence-corrected chi connectivity index (χ4v) is 3.03. The minimum absolute atomic E-state index is 0.182. The van der Waals surface area contributed by atoms with Gasteiger partial charge in [-0.2, -0.15) is 0 Å². The number of carbonyl (C=O) groups excluding carboxylic acids is 1. The lowest BCUT2D eigenvalue weighted by Gasteiger charge is -2.21. The van der Waals surface area contributed by atoms with Crippen LogP contribution in [0, 0.1) is 11.6 Å². The summed E-state index contributed by atoms with van der Waals surface area (Å²) in [5.41, 5.74) is 0.710. The molecule has 4 nitrogen and oxygen atoms in total. The van der Waals surface area contributed by atoms with Crippen molar-refractivity contribution in [3.63, 3.8) is 0 Å². The molecule has 0 aliphatic heterocycles. The number of hydrogen-bond acceptors (Lipinski definition) is 2. The van der Waals surface area contributed by atoms with Crippen LogP contribution in [0.3, 0.4) is 0 Å². The van der Waals surface area contributed by atoms with Crippen molar-refractivity contribution in [2.45, 2.75) is 13.1 Å². The summed E-state index contributed by atoms with van der Waals surface area (Å²) in [5, 5.41) is 0.324. The van der Waals surface area contributed by atoms with Gasteiger partial charge in [0.05, 0.1) is 13.1 Å². The zero-order valence-corrected chi connectivity index (χ0v) is 15.7. The third kappa shape index (κ3) is 4.46. The van der Waals surface area contributed by atoms with Crippen LogP contribution in [0.15, 0.2) is 67.5 Å². The topological polar surface area (TPSA) is 38.1 Å². The number of benzene rings is 2. The van der Waals surface area contributed by atoms with Gasteiger partial charge in [0.2, 0.25) is 0 Å². The van der Waals surface area contributed by atoms with Crippen molar-refractivity contribution in [3.8, 4) is 0 Å². The molecule has 0 atom stereocenters. The number of aromatic nitrogens is 2. The monoisotopic (exact) mass is 401 g/mol. The summed E-state index contributed by atoms with van der Waals surface area (Å²) >= 11 is 6.12. The Bertz CT molecular complexity index is 965. The first-order chi connectivity index (χ1) is 13.5. The Morgan fingerprint density at radius 3 is 2.64 bits per heavy atom. The zero-order valence-electron chi connectivity index (χ0n) is 15.0. The van der Waals surface area contributed by atoms with Crippen LogP contribution >= 0.6 is 11.6 Å². The molecular weight excluding hydrogens is 384 g/mol. The molecule has 0 saturated carbocycles. The van der Waals surface area contributed by atoms with Crippen molar-refractivity contribution in [2.75, 3.05) is 6.54 Å². The summed E-state index contributed by atoms with van der Waals surface area (Å²) in [6, 6.07) is 9.85. The molecular formula is C21H18ClF2N3O. The molecule has 0 saturated heterocycles. The van der Waals surface area contributed by atoms with Gasteiger partial charge in [-0.1, -0.05) is 23.7 Å². The van der Waals surface area contributed by atoms with Gasteiger partial charge in [-0.15, -0.1) is 6.58 Å². The van der Waals surface area contributed by atoms with Gasteiger partial charge in [0, 0.05) is 35.1 Å². The van der Waals surface area contributed by atoms with E-state index in [9.17, 15) is 13.6 Å². The van der Waals surface area contributed by atoms with Gasteiger partial charge in [-0.25, -0.2) is 13.8 Å². The maximum absolute atomic E-state index is 14.1. The zero-order chi connectivity index (χ0) is 20.1. The van der Waals surface area contributed by atoms with Crippen LogP contribution in [0.2, 0.25) is 5.02 Å². The summed E-state index contributed by atoms with van der Waals surface area (Å²) in [6.07, 6.45) is 4.88. The molecule has 0 spiro atoms. The number of nitrogens with zero attached hydrogens (tertiary/aromatic N) is 3. The summed E-state index contributed by atoms with van der Waals surface area (Å²) in [5.74, 6) is -0.531. The number of hydrogen-bond donors (Lipinski definition) is 0. The van der Waals surface area contributed by atoms with Crippen molar-refractivity contribution >= 4 is 17.5 Å². The van der Waals surface area contributed by atoms with Gasteiger partial charge in [0.1, 0.15) is 17.5 Å². The largest absolute Gasteiger partial charge is 0.329 e. The van der Waals surface area contributed by atoms with Crippen LogP contribution < -0.4 is 0 Å². The van der Waals surface area contributed by atoms with E-state index in [1.54, 1.807) is 35.2 Å². The summed E-state index contributed by atoms with van der Waals surface area (Å²) in [6.45, 7) is 4.34. The molecule has 0 radical (unpaired) electrons. The minimum Gasteiger partial charge on any atom is -0.329 e. The van der Waals surface area contributed by atoms with Crippen molar-refractivity contribution < 1.29 is 13.6 Å². The molecule has 0 fully saturated rings. The lowest BCUT2D eigenvalue weighted by atomic mass is 10.2. The molecule has 3 rings (SSSR count). The van der Waals surface area contributed by atoms with Gasteiger partial charge in [-0.05, 0) is 36.4 Å². The number of halogens is 3. The Labute approximate surface area is 166 Å². The second-order valence-electron chi connectivity index (χ2n) is 6.15. The minimum atomic E-state index is -0.413. The van der Waals surface area contributed by atoms with E-state index >= 15 is 0 Å². The summed E-state index contributed by atoms with van der Waals surface area (Å²) in [7, 11) is 0. The van der Waals surface area contributed by atoms with Gasteiger partial charge in [0.15, 0.2) is 0 Å². The molecule has 1 aromatic heterocycles. The van der Waals surface area contributed by atoms with Crippen LogP contribution in [0.4, 0.5) is 8.78 Å².